The van der Waals surface area contributed by atoms with Crippen molar-refractivity contribution in [1.29, 1.82) is 0 Å². The van der Waals surface area contributed by atoms with E-state index < -0.39 is 68.8 Å². The van der Waals surface area contributed by atoms with Gasteiger partial charge in [0.2, 0.25) is 5.91 Å². The number of carbonyl (C=O) groups is 4. The number of carbonyl (C=O) groups excluding carboxylic acids is 3. The first-order valence-electron chi connectivity index (χ1n) is 15.5. The molecule has 2 heterocycles. The van der Waals surface area contributed by atoms with Crippen LogP contribution in [-0.2, 0) is 19.4 Å². The Morgan fingerprint density at radius 1 is 0.865 bits per heavy atom. The number of aliphatic carboxylic acids is 1. The molecule has 0 saturated carbocycles. The third kappa shape index (κ3) is 9.16. The molecular formula is C32H36F3N7O9S. The maximum absolute atomic E-state index is 13.7. The van der Waals surface area contributed by atoms with E-state index in [0.717, 1.165) is 24.3 Å². The number of carboxylic acids is 1. The van der Waals surface area contributed by atoms with Crippen LogP contribution in [0.25, 0.3) is 0 Å². The van der Waals surface area contributed by atoms with E-state index in [1.807, 2.05) is 0 Å². The average molecular weight is 752 g/mol. The Bertz CT molecular complexity index is 1940. The number of anilines is 2. The van der Waals surface area contributed by atoms with E-state index >= 15 is 0 Å². The van der Waals surface area contributed by atoms with Crippen LogP contribution in [0.5, 0.6) is 17.2 Å². The molecule has 52 heavy (non-hydrogen) atoms. The molecule has 0 atom stereocenters. The normalized spacial score (nSPS) is 14.6. The lowest BCUT2D eigenvalue weighted by atomic mass is 9.95. The zero-order valence-electron chi connectivity index (χ0n) is 28.1. The number of hydrogen-bond acceptors (Lipinski definition) is 12. The fourth-order valence-corrected chi connectivity index (χ4v) is 7.09. The lowest BCUT2D eigenvalue weighted by Crippen LogP contribution is -2.55. The summed E-state index contributed by atoms with van der Waals surface area (Å²) in [6, 6.07) is 9.32. The average Bonchev–Trinajstić information content (AvgIpc) is 3.05. The first-order chi connectivity index (χ1) is 24.1. The van der Waals surface area contributed by atoms with Crippen LogP contribution < -0.4 is 31.6 Å². The molecule has 7 N–H and O–H groups in total. The summed E-state index contributed by atoms with van der Waals surface area (Å²) in [5.41, 5.74) is 10.5. The van der Waals surface area contributed by atoms with Gasteiger partial charge in [-0.3, -0.25) is 19.2 Å². The Hall–Kier alpha value is -5.66. The van der Waals surface area contributed by atoms with E-state index in [0.29, 0.717) is 0 Å². The lowest BCUT2D eigenvalue weighted by molar-refractivity contribution is -0.274. The summed E-state index contributed by atoms with van der Waals surface area (Å²) in [7, 11) is -4.50. The predicted molar refractivity (Wildman–Crippen MR) is 178 cm³/mol. The van der Waals surface area contributed by atoms with Gasteiger partial charge in [0.15, 0.2) is 37.6 Å². The standard InChI is InChI=1S/C32H36F3N7O9S/c1-30(2,3)41-28(45)24-26(37)39-23(25(36)40-24)27(44)38-15-12-22(43)42-16-13-31(14-17-42,29(46)47)52(48,49)21-10-8-19(9-11-21)50-18-4-6-20(7-5-18)51-32(33,34)35/h4-11H,12-17H2,1-3H3,(H2,36,40)(H2,37,39)(H,38,44)(H,41,45)(H,46,47). The number of halogens is 3. The minimum absolute atomic E-state index is 0.124. The molecule has 1 aliphatic heterocycles. The largest absolute Gasteiger partial charge is 0.573 e. The number of sulfone groups is 1. The molecule has 0 radical (unpaired) electrons. The molecule has 0 aliphatic carbocycles. The van der Waals surface area contributed by atoms with E-state index in [4.69, 9.17) is 16.2 Å². The third-order valence-corrected chi connectivity index (χ3v) is 10.3. The van der Waals surface area contributed by atoms with Gasteiger partial charge in [0.05, 0.1) is 4.90 Å². The van der Waals surface area contributed by atoms with Crippen LogP contribution in [0.15, 0.2) is 53.4 Å². The second-order valence-corrected chi connectivity index (χ2v) is 14.9. The highest BCUT2D eigenvalue weighted by molar-refractivity contribution is 7.93. The Kier molecular flexibility index (Phi) is 11.2. The van der Waals surface area contributed by atoms with Crippen molar-refractivity contribution in [2.24, 2.45) is 0 Å². The van der Waals surface area contributed by atoms with E-state index in [1.54, 1.807) is 20.8 Å². The first kappa shape index (κ1) is 39.1. The van der Waals surface area contributed by atoms with E-state index in [-0.39, 0.29) is 65.5 Å². The minimum atomic E-state index is -4.87. The summed E-state index contributed by atoms with van der Waals surface area (Å²) >= 11 is 0. The number of alkyl halides is 3. The summed E-state index contributed by atoms with van der Waals surface area (Å²) < 4.78 is 71.6. The smallest absolute Gasteiger partial charge is 0.480 e. The maximum atomic E-state index is 13.7. The zero-order valence-corrected chi connectivity index (χ0v) is 28.9. The summed E-state index contributed by atoms with van der Waals surface area (Å²) in [5, 5.41) is 15.2. The zero-order chi connectivity index (χ0) is 38.6. The van der Waals surface area contributed by atoms with Gasteiger partial charge in [-0.05, 0) is 82.1 Å². The molecule has 0 unspecified atom stereocenters. The molecule has 4 rings (SSSR count). The topological polar surface area (TPSA) is 246 Å². The van der Waals surface area contributed by atoms with Gasteiger partial charge in [-0.1, -0.05) is 0 Å². The highest BCUT2D eigenvalue weighted by atomic mass is 32.2. The Balaban J connectivity index is 1.34. The molecule has 0 spiro atoms. The van der Waals surface area contributed by atoms with Crippen molar-refractivity contribution in [2.45, 2.75) is 61.6 Å². The lowest BCUT2D eigenvalue weighted by Gasteiger charge is -2.38. The van der Waals surface area contributed by atoms with Crippen LogP contribution in [0.4, 0.5) is 24.8 Å². The van der Waals surface area contributed by atoms with Gasteiger partial charge in [0.1, 0.15) is 17.2 Å². The van der Waals surface area contributed by atoms with Gasteiger partial charge in [0.25, 0.3) is 11.8 Å². The first-order valence-corrected chi connectivity index (χ1v) is 17.0. The van der Waals surface area contributed by atoms with E-state index in [2.05, 4.69) is 25.3 Å². The molecule has 1 aliphatic rings. The summed E-state index contributed by atoms with van der Waals surface area (Å²) in [6.07, 6.45) is -5.94. The quantitative estimate of drug-likeness (QED) is 0.189. The molecule has 3 amide bonds. The third-order valence-electron chi connectivity index (χ3n) is 7.75. The van der Waals surface area contributed by atoms with Crippen molar-refractivity contribution in [2.75, 3.05) is 31.1 Å². The molecule has 3 aromatic rings. The number of benzene rings is 2. The molecule has 1 fully saturated rings. The maximum Gasteiger partial charge on any atom is 0.573 e. The van der Waals surface area contributed by atoms with Crippen LogP contribution in [0.2, 0.25) is 0 Å². The van der Waals surface area contributed by atoms with Gasteiger partial charge >= 0.3 is 12.3 Å². The van der Waals surface area contributed by atoms with Gasteiger partial charge in [0, 0.05) is 31.6 Å². The van der Waals surface area contributed by atoms with Crippen LogP contribution in [-0.4, -0.2) is 88.4 Å². The molecule has 20 heteroatoms. The molecule has 280 valence electrons. The van der Waals surface area contributed by atoms with Gasteiger partial charge in [-0.15, -0.1) is 13.2 Å². The van der Waals surface area contributed by atoms with Crippen LogP contribution in [0.1, 0.15) is 61.0 Å². The molecule has 0 bridgehead atoms. The van der Waals surface area contributed by atoms with Crippen LogP contribution in [0.3, 0.4) is 0 Å². The van der Waals surface area contributed by atoms with Crippen molar-refractivity contribution in [3.63, 3.8) is 0 Å². The van der Waals surface area contributed by atoms with Crippen molar-refractivity contribution >= 4 is 45.2 Å². The number of nitrogens with two attached hydrogens (primary N) is 2. The number of rotatable bonds is 11. The number of amides is 3. The van der Waals surface area contributed by atoms with Crippen molar-refractivity contribution in [1.82, 2.24) is 25.5 Å². The Morgan fingerprint density at radius 2 is 1.35 bits per heavy atom. The number of aromatic nitrogens is 2. The number of carboxylic acid groups (broad SMARTS) is 1. The van der Waals surface area contributed by atoms with Crippen LogP contribution >= 0.6 is 0 Å². The fourth-order valence-electron chi connectivity index (χ4n) is 5.19. The second-order valence-electron chi connectivity index (χ2n) is 12.7. The summed E-state index contributed by atoms with van der Waals surface area (Å²) in [5.74, 6) is -4.44. The second kappa shape index (κ2) is 14.9. The number of nitrogens with zero attached hydrogens (tertiary/aromatic N) is 3. The highest BCUT2D eigenvalue weighted by Gasteiger charge is 2.53. The molecule has 16 nitrogen and oxygen atoms in total. The number of likely N-dealkylation sites (tertiary alicyclic amines) is 1. The number of hydrogen-bond donors (Lipinski definition) is 5. The Morgan fingerprint density at radius 3 is 1.83 bits per heavy atom. The number of nitrogen functional groups attached to an aromatic ring is 2. The molecule has 2 aromatic carbocycles. The van der Waals surface area contributed by atoms with E-state index in [1.165, 1.54) is 29.2 Å². The van der Waals surface area contributed by atoms with Gasteiger partial charge in [-0.25, -0.2) is 18.4 Å². The predicted octanol–water partition coefficient (Wildman–Crippen LogP) is 2.90. The van der Waals surface area contributed by atoms with Crippen molar-refractivity contribution in [3.05, 3.63) is 59.9 Å². The van der Waals surface area contributed by atoms with Gasteiger partial charge in [-0.2, -0.15) is 0 Å². The van der Waals surface area contributed by atoms with Crippen LogP contribution in [0, 0.1) is 0 Å². The summed E-state index contributed by atoms with van der Waals surface area (Å²) in [4.78, 5) is 59.3. The van der Waals surface area contributed by atoms with Gasteiger partial charge < -0.3 is 41.6 Å². The van der Waals surface area contributed by atoms with Crippen molar-refractivity contribution < 1.29 is 55.3 Å². The number of ether oxygens (including phenoxy) is 2. The number of nitrogens with one attached hydrogen (secondary N) is 2. The molecule has 1 aromatic heterocycles. The monoisotopic (exact) mass is 751 g/mol. The minimum Gasteiger partial charge on any atom is -0.480 e. The Labute approximate surface area is 295 Å². The van der Waals surface area contributed by atoms with E-state index in [9.17, 15) is 45.9 Å². The molecular weight excluding hydrogens is 715 g/mol. The summed E-state index contributed by atoms with van der Waals surface area (Å²) in [6.45, 7) is 4.62. The SMILES string of the molecule is CC(C)(C)NC(=O)c1nc(N)c(C(=O)NCCC(=O)N2CCC(C(=O)O)(S(=O)(=O)c3ccc(Oc4ccc(OC(F)(F)F)cc4)cc3)CC2)nc1N. The van der Waals surface area contributed by atoms with Crippen molar-refractivity contribution in [3.8, 4) is 17.2 Å². The fraction of sp³-hybridized carbons (Fsp3) is 0.375. The highest BCUT2D eigenvalue weighted by Crippen LogP contribution is 2.37. The molecule has 1 saturated heterocycles. The number of piperidine rings is 1.